The smallest absolute Gasteiger partial charge is 0.322 e. The molecule has 9 nitrogen and oxygen atoms in total. The molecule has 0 radical (unpaired) electrons. The summed E-state index contributed by atoms with van der Waals surface area (Å²) in [6.07, 6.45) is 3.39. The summed E-state index contributed by atoms with van der Waals surface area (Å²) in [7, 11) is 1.44. The van der Waals surface area contributed by atoms with Gasteiger partial charge >= 0.3 is 6.03 Å². The average Bonchev–Trinajstić information content (AvgIpc) is 3.30. The highest BCUT2D eigenvalue weighted by Crippen LogP contribution is 2.34. The lowest BCUT2D eigenvalue weighted by Crippen LogP contribution is -2.34. The molecule has 27 heavy (non-hydrogen) atoms. The number of non-ortho nitro benzene ring substituents is 1. The second-order valence-electron chi connectivity index (χ2n) is 6.39. The first kappa shape index (κ1) is 18.7. The van der Waals surface area contributed by atoms with Crippen molar-refractivity contribution < 1.29 is 19.0 Å². The number of hydrogen-bond acceptors (Lipinski definition) is 6. The van der Waals surface area contributed by atoms with Gasteiger partial charge in [0.1, 0.15) is 17.2 Å². The molecule has 0 saturated carbocycles. The number of likely N-dealkylation sites (tertiary alicyclic amines) is 1. The number of amides is 2. The van der Waals surface area contributed by atoms with Crippen molar-refractivity contribution >= 4 is 17.4 Å². The largest absolute Gasteiger partial charge is 0.495 e. The van der Waals surface area contributed by atoms with E-state index < -0.39 is 4.92 Å². The van der Waals surface area contributed by atoms with Crippen molar-refractivity contribution in [3.63, 3.8) is 0 Å². The van der Waals surface area contributed by atoms with Gasteiger partial charge in [-0.05, 0) is 25.3 Å². The highest BCUT2D eigenvalue weighted by molar-refractivity contribution is 5.92. The topological polar surface area (TPSA) is 111 Å². The van der Waals surface area contributed by atoms with Crippen LogP contribution in [-0.2, 0) is 6.42 Å². The lowest BCUT2D eigenvalue weighted by Gasteiger charge is -2.23. The molecule has 1 aromatic heterocycles. The van der Waals surface area contributed by atoms with Crippen LogP contribution >= 0.6 is 0 Å². The molecule has 9 heteroatoms. The van der Waals surface area contributed by atoms with E-state index in [-0.39, 0.29) is 23.4 Å². The molecule has 1 fully saturated rings. The van der Waals surface area contributed by atoms with Gasteiger partial charge < -0.3 is 19.5 Å². The molecule has 0 spiro atoms. The van der Waals surface area contributed by atoms with Crippen LogP contribution in [-0.4, -0.2) is 34.7 Å². The van der Waals surface area contributed by atoms with Crippen molar-refractivity contribution in [1.82, 2.24) is 10.1 Å². The number of ether oxygens (including phenoxy) is 1. The van der Waals surface area contributed by atoms with Gasteiger partial charge in [-0.1, -0.05) is 12.1 Å². The van der Waals surface area contributed by atoms with Crippen molar-refractivity contribution in [2.24, 2.45) is 0 Å². The number of nitrogens with zero attached hydrogens (tertiary/aromatic N) is 3. The van der Waals surface area contributed by atoms with Gasteiger partial charge in [0.25, 0.3) is 5.69 Å². The van der Waals surface area contributed by atoms with E-state index in [1.807, 2.05) is 6.07 Å². The van der Waals surface area contributed by atoms with Crippen LogP contribution in [0.5, 0.6) is 5.75 Å². The van der Waals surface area contributed by atoms with Gasteiger partial charge in [0, 0.05) is 31.2 Å². The summed E-state index contributed by atoms with van der Waals surface area (Å²) < 4.78 is 10.5. The quantitative estimate of drug-likeness (QED) is 0.606. The van der Waals surface area contributed by atoms with E-state index in [1.54, 1.807) is 4.90 Å². The molecule has 2 aromatic rings. The van der Waals surface area contributed by atoms with E-state index in [0.29, 0.717) is 12.3 Å². The summed E-state index contributed by atoms with van der Waals surface area (Å²) in [4.78, 5) is 25.0. The standard InChI is InChI=1S/C18H22N4O5/c1-3-5-13-11-14(20-27-13)16-6-4-9-21(16)18(23)19-15-10-12(22(24)25)7-8-17(15)26-2/h7-8,10-11,16H,3-6,9H2,1-2H3,(H,19,23)/t16-/m1/s1. The van der Waals surface area contributed by atoms with E-state index in [2.05, 4.69) is 17.4 Å². The van der Waals surface area contributed by atoms with E-state index in [0.717, 1.165) is 37.1 Å². The number of hydrogen-bond donors (Lipinski definition) is 1. The molecule has 1 saturated heterocycles. The number of benzene rings is 1. The van der Waals surface area contributed by atoms with Crippen molar-refractivity contribution in [3.05, 3.63) is 45.8 Å². The number of nitro groups is 1. The number of carbonyl (C=O) groups is 1. The Kier molecular flexibility index (Phi) is 5.58. The maximum absolute atomic E-state index is 12.8. The Hall–Kier alpha value is -3.10. The molecular weight excluding hydrogens is 352 g/mol. The van der Waals surface area contributed by atoms with E-state index in [9.17, 15) is 14.9 Å². The summed E-state index contributed by atoms with van der Waals surface area (Å²) in [5, 5.41) is 17.9. The molecule has 0 bridgehead atoms. The molecule has 1 aromatic carbocycles. The Morgan fingerprint density at radius 2 is 2.30 bits per heavy atom. The first-order chi connectivity index (χ1) is 13.0. The number of anilines is 1. The fourth-order valence-electron chi connectivity index (χ4n) is 3.26. The molecule has 1 N–H and O–H groups in total. The molecule has 1 atom stereocenters. The van der Waals surface area contributed by atoms with Crippen molar-refractivity contribution in [3.8, 4) is 5.75 Å². The third kappa shape index (κ3) is 4.02. The van der Waals surface area contributed by atoms with Crippen LogP contribution in [0.4, 0.5) is 16.2 Å². The summed E-state index contributed by atoms with van der Waals surface area (Å²) >= 11 is 0. The zero-order valence-corrected chi connectivity index (χ0v) is 15.3. The zero-order chi connectivity index (χ0) is 19.4. The summed E-state index contributed by atoms with van der Waals surface area (Å²) in [6, 6.07) is 5.45. The fourth-order valence-corrected chi connectivity index (χ4v) is 3.26. The highest BCUT2D eigenvalue weighted by Gasteiger charge is 2.32. The number of nitrogens with one attached hydrogen (secondary N) is 1. The van der Waals surface area contributed by atoms with Crippen LogP contribution in [0.25, 0.3) is 0 Å². The van der Waals surface area contributed by atoms with Crippen LogP contribution in [0.1, 0.15) is 43.7 Å². The normalized spacial score (nSPS) is 16.4. The van der Waals surface area contributed by atoms with Crippen LogP contribution in [0.3, 0.4) is 0 Å². The van der Waals surface area contributed by atoms with E-state index in [1.165, 1.54) is 25.3 Å². The highest BCUT2D eigenvalue weighted by atomic mass is 16.6. The third-order valence-electron chi connectivity index (χ3n) is 4.56. The van der Waals surface area contributed by atoms with Crippen LogP contribution < -0.4 is 10.1 Å². The number of nitro benzene ring substituents is 1. The van der Waals surface area contributed by atoms with Crippen LogP contribution in [0, 0.1) is 10.1 Å². The van der Waals surface area contributed by atoms with Gasteiger partial charge in [-0.15, -0.1) is 0 Å². The summed E-state index contributed by atoms with van der Waals surface area (Å²) in [5.74, 6) is 1.16. The summed E-state index contributed by atoms with van der Waals surface area (Å²) in [6.45, 7) is 2.63. The van der Waals surface area contributed by atoms with Gasteiger partial charge in [-0.25, -0.2) is 4.79 Å². The minimum absolute atomic E-state index is 0.121. The van der Waals surface area contributed by atoms with Gasteiger partial charge in [0.15, 0.2) is 0 Å². The van der Waals surface area contributed by atoms with E-state index in [4.69, 9.17) is 9.26 Å². The minimum Gasteiger partial charge on any atom is -0.495 e. The van der Waals surface area contributed by atoms with Crippen LogP contribution in [0.2, 0.25) is 0 Å². The predicted octanol–water partition coefficient (Wildman–Crippen LogP) is 3.91. The first-order valence-electron chi connectivity index (χ1n) is 8.89. The average molecular weight is 374 g/mol. The molecule has 1 aliphatic heterocycles. The summed E-state index contributed by atoms with van der Waals surface area (Å²) in [5.41, 5.74) is 0.871. The Bertz CT molecular complexity index is 835. The maximum atomic E-state index is 12.8. The Balaban J connectivity index is 1.78. The minimum atomic E-state index is -0.515. The van der Waals surface area contributed by atoms with Crippen LogP contribution in [0.15, 0.2) is 28.8 Å². The molecule has 0 unspecified atom stereocenters. The molecular formula is C18H22N4O5. The molecule has 144 valence electrons. The Morgan fingerprint density at radius 3 is 3.00 bits per heavy atom. The molecule has 0 aliphatic carbocycles. The van der Waals surface area contributed by atoms with Gasteiger partial charge in [-0.3, -0.25) is 10.1 Å². The molecule has 2 amide bonds. The molecule has 2 heterocycles. The molecule has 1 aliphatic rings. The number of methoxy groups -OCH3 is 1. The van der Waals surface area contributed by atoms with Crippen molar-refractivity contribution in [2.75, 3.05) is 19.0 Å². The second kappa shape index (κ2) is 8.07. The third-order valence-corrected chi connectivity index (χ3v) is 4.56. The Labute approximate surface area is 156 Å². The SMILES string of the molecule is CCCc1cc([C@H]2CCCN2C(=O)Nc2cc([N+](=O)[O-])ccc2OC)no1. The van der Waals surface area contributed by atoms with Crippen molar-refractivity contribution in [2.45, 2.75) is 38.6 Å². The number of urea groups is 1. The maximum Gasteiger partial charge on any atom is 0.322 e. The Morgan fingerprint density at radius 1 is 1.48 bits per heavy atom. The molecule has 3 rings (SSSR count). The first-order valence-corrected chi connectivity index (χ1v) is 8.89. The lowest BCUT2D eigenvalue weighted by molar-refractivity contribution is -0.384. The number of aromatic nitrogens is 1. The fraction of sp³-hybridized carbons (Fsp3) is 0.444. The van der Waals surface area contributed by atoms with Gasteiger partial charge in [0.2, 0.25) is 0 Å². The number of aryl methyl sites for hydroxylation is 1. The number of rotatable bonds is 6. The lowest BCUT2D eigenvalue weighted by atomic mass is 10.1. The van der Waals surface area contributed by atoms with E-state index >= 15 is 0 Å². The predicted molar refractivity (Wildman–Crippen MR) is 97.8 cm³/mol. The monoisotopic (exact) mass is 374 g/mol. The van der Waals surface area contributed by atoms with Gasteiger partial charge in [0.05, 0.1) is 23.8 Å². The second-order valence-corrected chi connectivity index (χ2v) is 6.39. The van der Waals surface area contributed by atoms with Crippen molar-refractivity contribution in [1.29, 1.82) is 0 Å². The number of carbonyl (C=O) groups excluding carboxylic acids is 1. The van der Waals surface area contributed by atoms with Gasteiger partial charge in [-0.2, -0.15) is 0 Å². The zero-order valence-electron chi connectivity index (χ0n) is 15.3.